The van der Waals surface area contributed by atoms with E-state index in [4.69, 9.17) is 16.9 Å². The van der Waals surface area contributed by atoms with Crippen molar-refractivity contribution in [1.82, 2.24) is 4.98 Å². The molecule has 0 saturated heterocycles. The van der Waals surface area contributed by atoms with Gasteiger partial charge in [0, 0.05) is 11.6 Å². The van der Waals surface area contributed by atoms with Crippen LogP contribution in [0.1, 0.15) is 6.42 Å². The largest absolute Gasteiger partial charge is 0.308 e. The second-order valence-electron chi connectivity index (χ2n) is 5.29. The maximum atomic E-state index is 14.1. The van der Waals surface area contributed by atoms with E-state index in [0.717, 1.165) is 14.6 Å². The quantitative estimate of drug-likeness (QED) is 0.533. The first-order valence-corrected chi connectivity index (χ1v) is 9.87. The number of hydrogen-bond donors (Lipinski definition) is 0. The van der Waals surface area contributed by atoms with Gasteiger partial charge in [0.25, 0.3) is 0 Å². The van der Waals surface area contributed by atoms with Gasteiger partial charge >= 0.3 is 0 Å². The third-order valence-corrected chi connectivity index (χ3v) is 5.94. The van der Waals surface area contributed by atoms with E-state index in [1.54, 1.807) is 24.3 Å². The molecule has 0 saturated carbocycles. The molecule has 3 rings (SSSR count). The van der Waals surface area contributed by atoms with Crippen LogP contribution in [0.2, 0.25) is 5.02 Å². The van der Waals surface area contributed by atoms with Gasteiger partial charge in [0.05, 0.1) is 34.1 Å². The second kappa shape index (κ2) is 8.49. The van der Waals surface area contributed by atoms with E-state index >= 15 is 0 Å². The van der Waals surface area contributed by atoms with Crippen molar-refractivity contribution in [3.05, 3.63) is 53.3 Å². The van der Waals surface area contributed by atoms with E-state index in [1.165, 1.54) is 40.1 Å². The fourth-order valence-corrected chi connectivity index (χ4v) is 4.45. The molecular formula is C18H13ClFN3OS2. The summed E-state index contributed by atoms with van der Waals surface area (Å²) in [5.41, 5.74) is 0.970. The summed E-state index contributed by atoms with van der Waals surface area (Å²) >= 11 is 8.73. The van der Waals surface area contributed by atoms with Crippen LogP contribution in [0.4, 0.5) is 10.1 Å². The number of nitrogens with zero attached hydrogens (tertiary/aromatic N) is 3. The molecule has 1 heterocycles. The predicted molar refractivity (Wildman–Crippen MR) is 104 cm³/mol. The molecule has 26 heavy (non-hydrogen) atoms. The number of thiazole rings is 1. The third-order valence-electron chi connectivity index (χ3n) is 3.54. The molecule has 0 bridgehead atoms. The molecule has 0 fully saturated rings. The second-order valence-corrected chi connectivity index (χ2v) is 7.97. The molecule has 0 spiro atoms. The zero-order chi connectivity index (χ0) is 18.5. The predicted octanol–water partition coefficient (Wildman–Crippen LogP) is 5.13. The summed E-state index contributed by atoms with van der Waals surface area (Å²) in [6.45, 7) is 0.145. The van der Waals surface area contributed by atoms with E-state index in [-0.39, 0.29) is 30.3 Å². The average Bonchev–Trinajstić information content (AvgIpc) is 3.03. The summed E-state index contributed by atoms with van der Waals surface area (Å²) in [4.78, 5) is 18.4. The normalized spacial score (nSPS) is 10.7. The number of nitriles is 1. The number of aromatic nitrogens is 1. The first-order chi connectivity index (χ1) is 12.6. The highest BCUT2D eigenvalue weighted by atomic mass is 35.5. The van der Waals surface area contributed by atoms with Crippen LogP contribution in [-0.4, -0.2) is 23.2 Å². The summed E-state index contributed by atoms with van der Waals surface area (Å²) in [5, 5.41) is 9.43. The molecule has 0 atom stereocenters. The number of anilines is 1. The molecule has 2 aromatic carbocycles. The molecule has 0 aliphatic heterocycles. The minimum atomic E-state index is -0.488. The highest BCUT2D eigenvalue weighted by molar-refractivity contribution is 8.01. The number of fused-ring (bicyclic) bond motifs is 1. The van der Waals surface area contributed by atoms with E-state index in [1.807, 2.05) is 12.1 Å². The molecular weight excluding hydrogens is 393 g/mol. The van der Waals surface area contributed by atoms with Crippen LogP contribution in [0.3, 0.4) is 0 Å². The Balaban J connectivity index is 1.74. The van der Waals surface area contributed by atoms with Crippen LogP contribution in [-0.2, 0) is 4.79 Å². The van der Waals surface area contributed by atoms with Crippen LogP contribution in [0.15, 0.2) is 46.8 Å². The van der Waals surface area contributed by atoms with Crippen LogP contribution >= 0.6 is 34.7 Å². The third kappa shape index (κ3) is 4.33. The number of benzene rings is 2. The van der Waals surface area contributed by atoms with Crippen molar-refractivity contribution in [2.24, 2.45) is 0 Å². The molecule has 1 amide bonds. The number of rotatable bonds is 6. The van der Waals surface area contributed by atoms with Crippen LogP contribution in [0.25, 0.3) is 10.2 Å². The number of carbonyl (C=O) groups is 1. The average molecular weight is 406 g/mol. The molecule has 0 aliphatic rings. The molecule has 0 unspecified atom stereocenters. The maximum absolute atomic E-state index is 14.1. The van der Waals surface area contributed by atoms with Crippen molar-refractivity contribution in [3.8, 4) is 6.07 Å². The van der Waals surface area contributed by atoms with E-state index < -0.39 is 5.82 Å². The number of halogens is 2. The Kier molecular flexibility index (Phi) is 6.09. The molecule has 1 aromatic heterocycles. The van der Waals surface area contributed by atoms with Crippen molar-refractivity contribution in [2.75, 3.05) is 17.2 Å². The Morgan fingerprint density at radius 1 is 1.35 bits per heavy atom. The lowest BCUT2D eigenvalue weighted by Crippen LogP contribution is -2.34. The summed E-state index contributed by atoms with van der Waals surface area (Å²) in [6.07, 6.45) is 0.129. The van der Waals surface area contributed by atoms with Gasteiger partial charge in [-0.25, -0.2) is 9.37 Å². The highest BCUT2D eigenvalue weighted by Gasteiger charge is 2.19. The fraction of sp³-hybridized carbons (Fsp3) is 0.167. The van der Waals surface area contributed by atoms with Gasteiger partial charge in [-0.3, -0.25) is 4.79 Å². The lowest BCUT2D eigenvalue weighted by atomic mass is 10.2. The van der Waals surface area contributed by atoms with Crippen molar-refractivity contribution < 1.29 is 9.18 Å². The van der Waals surface area contributed by atoms with Crippen molar-refractivity contribution in [1.29, 1.82) is 5.26 Å². The van der Waals surface area contributed by atoms with E-state index in [9.17, 15) is 9.18 Å². The first-order valence-electron chi connectivity index (χ1n) is 7.69. The maximum Gasteiger partial charge on any atom is 0.237 e. The van der Waals surface area contributed by atoms with Gasteiger partial charge in [-0.2, -0.15) is 5.26 Å². The van der Waals surface area contributed by atoms with Crippen LogP contribution in [0, 0.1) is 17.1 Å². The Morgan fingerprint density at radius 3 is 2.92 bits per heavy atom. The SMILES string of the molecule is N#CCCN(C(=O)CSc1nc2cc(Cl)ccc2s1)c1ccccc1F. The van der Waals surface area contributed by atoms with Crippen LogP contribution < -0.4 is 4.90 Å². The van der Waals surface area contributed by atoms with Crippen molar-refractivity contribution in [3.63, 3.8) is 0 Å². The minimum Gasteiger partial charge on any atom is -0.308 e. The highest BCUT2D eigenvalue weighted by Crippen LogP contribution is 2.31. The lowest BCUT2D eigenvalue weighted by Gasteiger charge is -2.21. The first kappa shape index (κ1) is 18.6. The molecule has 4 nitrogen and oxygen atoms in total. The Hall–Kier alpha value is -2.14. The van der Waals surface area contributed by atoms with Gasteiger partial charge in [-0.05, 0) is 30.3 Å². The van der Waals surface area contributed by atoms with Gasteiger partial charge in [-0.1, -0.05) is 35.5 Å². The summed E-state index contributed by atoms with van der Waals surface area (Å²) in [6, 6.07) is 13.5. The van der Waals surface area contributed by atoms with Gasteiger partial charge in [-0.15, -0.1) is 11.3 Å². The smallest absolute Gasteiger partial charge is 0.237 e. The number of carbonyl (C=O) groups excluding carboxylic acids is 1. The Morgan fingerprint density at radius 2 is 2.15 bits per heavy atom. The van der Waals surface area contributed by atoms with Crippen LogP contribution in [0.5, 0.6) is 0 Å². The zero-order valence-corrected chi connectivity index (χ0v) is 15.9. The molecule has 0 N–H and O–H groups in total. The summed E-state index contributed by atoms with van der Waals surface area (Å²) < 4.78 is 15.8. The molecule has 3 aromatic rings. The Bertz CT molecular complexity index is 986. The topological polar surface area (TPSA) is 57.0 Å². The van der Waals surface area contributed by atoms with Gasteiger partial charge in [0.2, 0.25) is 5.91 Å². The lowest BCUT2D eigenvalue weighted by molar-refractivity contribution is -0.116. The minimum absolute atomic E-state index is 0.104. The molecule has 0 aliphatic carbocycles. The number of para-hydroxylation sites is 1. The summed E-state index contributed by atoms with van der Waals surface area (Å²) in [7, 11) is 0. The van der Waals surface area contributed by atoms with Crippen molar-refractivity contribution >= 4 is 56.5 Å². The van der Waals surface area contributed by atoms with Gasteiger partial charge in [0.1, 0.15) is 5.82 Å². The monoisotopic (exact) mass is 405 g/mol. The fourth-order valence-electron chi connectivity index (χ4n) is 2.35. The zero-order valence-electron chi connectivity index (χ0n) is 13.5. The van der Waals surface area contributed by atoms with Gasteiger partial charge in [0.15, 0.2) is 4.34 Å². The standard InChI is InChI=1S/C18H13ClFN3OS2/c19-12-6-7-16-14(10-12)22-18(26-16)25-11-17(24)23(9-3-8-21)15-5-2-1-4-13(15)20/h1-2,4-7,10H,3,9,11H2. The number of hydrogen-bond acceptors (Lipinski definition) is 5. The molecule has 132 valence electrons. The Labute approximate surface area is 163 Å². The van der Waals surface area contributed by atoms with E-state index in [2.05, 4.69) is 4.98 Å². The number of amides is 1. The van der Waals surface area contributed by atoms with E-state index in [0.29, 0.717) is 5.02 Å². The molecule has 8 heteroatoms. The summed E-state index contributed by atoms with van der Waals surface area (Å²) in [5.74, 6) is -0.654. The van der Waals surface area contributed by atoms with Crippen molar-refractivity contribution in [2.45, 2.75) is 10.8 Å². The molecule has 0 radical (unpaired) electrons. The van der Waals surface area contributed by atoms with Gasteiger partial charge < -0.3 is 4.90 Å². The number of thioether (sulfide) groups is 1.